The first-order chi connectivity index (χ1) is 8.49. The highest BCUT2D eigenvalue weighted by atomic mass is 35.5. The molecule has 1 heterocycles. The topological polar surface area (TPSA) is 40.7 Å². The minimum absolute atomic E-state index is 0.263. The first-order valence-electron chi connectivity index (χ1n) is 5.38. The molecule has 0 saturated carbocycles. The Morgan fingerprint density at radius 2 is 1.89 bits per heavy atom. The summed E-state index contributed by atoms with van der Waals surface area (Å²) in [7, 11) is 0. The van der Waals surface area contributed by atoms with Crippen molar-refractivity contribution in [2.45, 2.75) is 20.4 Å². The van der Waals surface area contributed by atoms with E-state index in [0.29, 0.717) is 12.2 Å². The molecule has 0 aliphatic carbocycles. The maximum absolute atomic E-state index is 13.0. The van der Waals surface area contributed by atoms with Crippen molar-refractivity contribution in [2.75, 3.05) is 5.32 Å². The molecule has 18 heavy (non-hydrogen) atoms. The van der Waals surface area contributed by atoms with E-state index in [1.807, 2.05) is 13.8 Å². The Labute approximate surface area is 114 Å². The summed E-state index contributed by atoms with van der Waals surface area (Å²) in [6, 6.07) is 2.45. The van der Waals surface area contributed by atoms with Crippen molar-refractivity contribution < 1.29 is 4.39 Å². The van der Waals surface area contributed by atoms with Gasteiger partial charge in [-0.05, 0) is 26.0 Å². The number of hydrogen-bond acceptors (Lipinski definition) is 2. The molecular weight excluding hydrogens is 276 g/mol. The maximum Gasteiger partial charge on any atom is 0.126 e. The monoisotopic (exact) mass is 287 g/mol. The Morgan fingerprint density at radius 3 is 2.39 bits per heavy atom. The average molecular weight is 288 g/mol. The zero-order chi connectivity index (χ0) is 13.3. The highest BCUT2D eigenvalue weighted by Gasteiger charge is 2.11. The van der Waals surface area contributed by atoms with E-state index in [1.165, 1.54) is 12.1 Å². The van der Waals surface area contributed by atoms with E-state index in [-0.39, 0.29) is 10.0 Å². The van der Waals surface area contributed by atoms with Crippen molar-refractivity contribution in [1.29, 1.82) is 0 Å². The lowest BCUT2D eigenvalue weighted by Gasteiger charge is -2.10. The van der Waals surface area contributed by atoms with E-state index in [4.69, 9.17) is 23.2 Å². The Bertz CT molecular complexity index is 538. The largest absolute Gasteiger partial charge is 0.378 e. The van der Waals surface area contributed by atoms with Crippen LogP contribution in [-0.2, 0) is 6.54 Å². The zero-order valence-electron chi connectivity index (χ0n) is 9.94. The number of aryl methyl sites for hydroxylation is 2. The zero-order valence-corrected chi connectivity index (χ0v) is 11.5. The second kappa shape index (κ2) is 5.16. The molecule has 1 aromatic heterocycles. The van der Waals surface area contributed by atoms with Crippen molar-refractivity contribution in [3.05, 3.63) is 44.9 Å². The Hall–Kier alpha value is -1.26. The molecule has 3 nitrogen and oxygen atoms in total. The van der Waals surface area contributed by atoms with Crippen LogP contribution in [0.4, 0.5) is 10.1 Å². The van der Waals surface area contributed by atoms with Gasteiger partial charge in [0.15, 0.2) is 0 Å². The van der Waals surface area contributed by atoms with Gasteiger partial charge in [0.2, 0.25) is 0 Å². The molecule has 2 rings (SSSR count). The van der Waals surface area contributed by atoms with Crippen LogP contribution in [0.1, 0.15) is 17.0 Å². The molecule has 0 aliphatic rings. The Morgan fingerprint density at radius 1 is 1.28 bits per heavy atom. The van der Waals surface area contributed by atoms with Crippen molar-refractivity contribution in [3.63, 3.8) is 0 Å². The molecule has 2 aromatic rings. The van der Waals surface area contributed by atoms with Gasteiger partial charge in [-0.1, -0.05) is 23.2 Å². The number of hydrogen-bond donors (Lipinski definition) is 2. The van der Waals surface area contributed by atoms with Gasteiger partial charge >= 0.3 is 0 Å². The van der Waals surface area contributed by atoms with Gasteiger partial charge in [0.05, 0.1) is 21.4 Å². The number of aromatic amines is 1. The fraction of sp³-hybridized carbons (Fsp3) is 0.250. The first-order valence-corrected chi connectivity index (χ1v) is 6.13. The molecule has 0 fully saturated rings. The van der Waals surface area contributed by atoms with Crippen molar-refractivity contribution in [2.24, 2.45) is 0 Å². The van der Waals surface area contributed by atoms with Gasteiger partial charge in [0.25, 0.3) is 0 Å². The van der Waals surface area contributed by atoms with Crippen molar-refractivity contribution in [1.82, 2.24) is 10.2 Å². The van der Waals surface area contributed by atoms with Crippen LogP contribution >= 0.6 is 23.2 Å². The molecule has 0 amide bonds. The molecule has 1 aromatic carbocycles. The second-order valence-corrected chi connectivity index (χ2v) is 4.82. The Kier molecular flexibility index (Phi) is 3.78. The minimum Gasteiger partial charge on any atom is -0.378 e. The van der Waals surface area contributed by atoms with E-state index < -0.39 is 5.82 Å². The third kappa shape index (κ3) is 2.60. The second-order valence-electron chi connectivity index (χ2n) is 4.01. The molecule has 0 aliphatic heterocycles. The van der Waals surface area contributed by atoms with Crippen LogP contribution in [0.2, 0.25) is 10.0 Å². The molecule has 96 valence electrons. The van der Waals surface area contributed by atoms with Gasteiger partial charge in [-0.3, -0.25) is 5.10 Å². The highest BCUT2D eigenvalue weighted by molar-refractivity contribution is 6.39. The van der Waals surface area contributed by atoms with E-state index in [9.17, 15) is 4.39 Å². The van der Waals surface area contributed by atoms with Crippen LogP contribution in [0.15, 0.2) is 12.1 Å². The van der Waals surface area contributed by atoms with Gasteiger partial charge in [0, 0.05) is 17.8 Å². The van der Waals surface area contributed by atoms with Crippen molar-refractivity contribution >= 4 is 28.9 Å². The molecule has 0 saturated heterocycles. The minimum atomic E-state index is -0.453. The van der Waals surface area contributed by atoms with Crippen molar-refractivity contribution in [3.8, 4) is 0 Å². The standard InChI is InChI=1S/C12H12Cl2FN3/c1-6-9(7(2)18-17-6)5-16-12-10(13)3-8(15)4-11(12)14/h3-4,16H,5H2,1-2H3,(H,17,18). The van der Waals surface area contributed by atoms with Crippen LogP contribution in [-0.4, -0.2) is 10.2 Å². The molecular formula is C12H12Cl2FN3. The lowest BCUT2D eigenvalue weighted by atomic mass is 10.2. The molecule has 0 radical (unpaired) electrons. The summed E-state index contributed by atoms with van der Waals surface area (Å²) >= 11 is 11.9. The first kappa shape index (κ1) is 13.2. The fourth-order valence-corrected chi connectivity index (χ4v) is 2.32. The van der Waals surface area contributed by atoms with Gasteiger partial charge in [-0.25, -0.2) is 4.39 Å². The third-order valence-electron chi connectivity index (χ3n) is 2.73. The molecule has 6 heteroatoms. The maximum atomic E-state index is 13.0. The number of anilines is 1. The Balaban J connectivity index is 2.21. The summed E-state index contributed by atoms with van der Waals surface area (Å²) < 4.78 is 13.0. The van der Waals surface area contributed by atoms with Gasteiger partial charge in [0.1, 0.15) is 5.82 Å². The predicted octanol–water partition coefficient (Wildman–Crippen LogP) is 4.08. The number of aromatic nitrogens is 2. The van der Waals surface area contributed by atoms with Crippen LogP contribution in [0.5, 0.6) is 0 Å². The average Bonchev–Trinajstić information content (AvgIpc) is 2.58. The van der Waals surface area contributed by atoms with Crippen LogP contribution in [0, 0.1) is 19.7 Å². The summed E-state index contributed by atoms with van der Waals surface area (Å²) in [5, 5.41) is 10.6. The SMILES string of the molecule is Cc1n[nH]c(C)c1CNc1c(Cl)cc(F)cc1Cl. The van der Waals surface area contributed by atoms with Crippen LogP contribution in [0.25, 0.3) is 0 Å². The number of H-pyrrole nitrogens is 1. The number of benzene rings is 1. The molecule has 0 bridgehead atoms. The molecule has 0 atom stereocenters. The summed E-state index contributed by atoms with van der Waals surface area (Å²) in [5.41, 5.74) is 3.47. The van der Waals surface area contributed by atoms with Gasteiger partial charge in [-0.15, -0.1) is 0 Å². The van der Waals surface area contributed by atoms with E-state index in [0.717, 1.165) is 17.0 Å². The lowest BCUT2D eigenvalue weighted by molar-refractivity contribution is 0.628. The van der Waals surface area contributed by atoms with E-state index >= 15 is 0 Å². The van der Waals surface area contributed by atoms with Crippen LogP contribution in [0.3, 0.4) is 0 Å². The number of halogens is 3. The normalized spacial score (nSPS) is 10.7. The van der Waals surface area contributed by atoms with E-state index in [2.05, 4.69) is 15.5 Å². The third-order valence-corrected chi connectivity index (χ3v) is 3.33. The van der Waals surface area contributed by atoms with E-state index in [1.54, 1.807) is 0 Å². The number of rotatable bonds is 3. The van der Waals surface area contributed by atoms with Gasteiger partial charge < -0.3 is 5.32 Å². The lowest BCUT2D eigenvalue weighted by Crippen LogP contribution is -2.03. The van der Waals surface area contributed by atoms with Crippen LogP contribution < -0.4 is 5.32 Å². The summed E-state index contributed by atoms with van der Waals surface area (Å²) in [6.45, 7) is 4.37. The molecule has 0 unspecified atom stereocenters. The van der Waals surface area contributed by atoms with Gasteiger partial charge in [-0.2, -0.15) is 5.10 Å². The number of nitrogens with zero attached hydrogens (tertiary/aromatic N) is 1. The molecule has 0 spiro atoms. The highest BCUT2D eigenvalue weighted by Crippen LogP contribution is 2.31. The number of nitrogens with one attached hydrogen (secondary N) is 2. The molecule has 2 N–H and O–H groups in total. The summed E-state index contributed by atoms with van der Waals surface area (Å²) in [5.74, 6) is -0.453. The smallest absolute Gasteiger partial charge is 0.126 e. The summed E-state index contributed by atoms with van der Waals surface area (Å²) in [6.07, 6.45) is 0. The quantitative estimate of drug-likeness (QED) is 0.893. The fourth-order valence-electron chi connectivity index (χ4n) is 1.72. The predicted molar refractivity (Wildman–Crippen MR) is 71.8 cm³/mol. The summed E-state index contributed by atoms with van der Waals surface area (Å²) in [4.78, 5) is 0.